The third-order valence-corrected chi connectivity index (χ3v) is 5.00. The molecule has 2 rings (SSSR count). The average molecular weight is 331 g/mol. The normalized spacial score (nSPS) is 10.5. The number of aromatic nitrogens is 1. The number of aryl methyl sites for hydroxylation is 1. The fraction of sp³-hybridized carbons (Fsp3) is 0.0909. The van der Waals surface area contributed by atoms with E-state index in [0.29, 0.717) is 14.9 Å². The lowest BCUT2D eigenvalue weighted by atomic mass is 10.3. The van der Waals surface area contributed by atoms with E-state index in [-0.39, 0.29) is 15.6 Å². The highest BCUT2D eigenvalue weighted by atomic mass is 35.5. The van der Waals surface area contributed by atoms with Gasteiger partial charge in [-0.05, 0) is 13.0 Å². The van der Waals surface area contributed by atoms with Crippen LogP contribution in [0.15, 0.2) is 27.4 Å². The van der Waals surface area contributed by atoms with Gasteiger partial charge in [0.1, 0.15) is 4.88 Å². The van der Waals surface area contributed by atoms with Gasteiger partial charge in [0.15, 0.2) is 4.34 Å². The van der Waals surface area contributed by atoms with E-state index < -0.39 is 10.9 Å². The summed E-state index contributed by atoms with van der Waals surface area (Å²) in [7, 11) is 0. The predicted octanol–water partition coefficient (Wildman–Crippen LogP) is 3.86. The van der Waals surface area contributed by atoms with Crippen LogP contribution in [0.25, 0.3) is 0 Å². The standard InChI is InChI=1S/C11H7ClN2O4S2/c1-5-9(10(15)16)20-11(13-5)19-8-3-2-6(14(17)18)4-7(8)12/h2-4H,1H3,(H,15,16). The van der Waals surface area contributed by atoms with Crippen molar-refractivity contribution >= 4 is 46.4 Å². The van der Waals surface area contributed by atoms with E-state index in [1.54, 1.807) is 6.92 Å². The first-order valence-corrected chi connectivity index (χ1v) is 7.22. The van der Waals surface area contributed by atoms with Crippen LogP contribution < -0.4 is 0 Å². The number of thiazole rings is 1. The molecule has 6 nitrogen and oxygen atoms in total. The van der Waals surface area contributed by atoms with E-state index in [2.05, 4.69) is 4.98 Å². The van der Waals surface area contributed by atoms with Crippen molar-refractivity contribution in [2.24, 2.45) is 0 Å². The van der Waals surface area contributed by atoms with Gasteiger partial charge in [-0.2, -0.15) is 0 Å². The summed E-state index contributed by atoms with van der Waals surface area (Å²) >= 11 is 8.19. The van der Waals surface area contributed by atoms with E-state index in [1.807, 2.05) is 0 Å². The molecule has 0 unspecified atom stereocenters. The van der Waals surface area contributed by atoms with E-state index in [0.717, 1.165) is 11.3 Å². The zero-order chi connectivity index (χ0) is 14.9. The van der Waals surface area contributed by atoms with Crippen molar-refractivity contribution in [1.29, 1.82) is 0 Å². The number of halogens is 1. The molecule has 0 bridgehead atoms. The average Bonchev–Trinajstić information content (AvgIpc) is 2.73. The number of non-ortho nitro benzene ring substituents is 1. The number of nitro benzene ring substituents is 1. The maximum atomic E-state index is 10.9. The van der Waals surface area contributed by atoms with E-state index in [1.165, 1.54) is 30.0 Å². The summed E-state index contributed by atoms with van der Waals surface area (Å²) in [6, 6.07) is 4.11. The Morgan fingerprint density at radius 1 is 1.55 bits per heavy atom. The lowest BCUT2D eigenvalue weighted by Crippen LogP contribution is -1.94. The molecule has 0 saturated carbocycles. The fourth-order valence-corrected chi connectivity index (χ4v) is 3.67. The van der Waals surface area contributed by atoms with Crippen LogP contribution >= 0.6 is 34.7 Å². The topological polar surface area (TPSA) is 93.3 Å². The monoisotopic (exact) mass is 330 g/mol. The quantitative estimate of drug-likeness (QED) is 0.675. The van der Waals surface area contributed by atoms with Gasteiger partial charge in [0.05, 0.1) is 15.6 Å². The van der Waals surface area contributed by atoms with Crippen molar-refractivity contribution in [3.8, 4) is 0 Å². The second-order valence-corrected chi connectivity index (χ2v) is 6.37. The number of benzene rings is 1. The van der Waals surface area contributed by atoms with Crippen molar-refractivity contribution in [3.05, 3.63) is 43.9 Å². The van der Waals surface area contributed by atoms with Gasteiger partial charge >= 0.3 is 5.97 Å². The minimum Gasteiger partial charge on any atom is -0.477 e. The molecule has 0 radical (unpaired) electrons. The minimum atomic E-state index is -1.03. The van der Waals surface area contributed by atoms with Crippen LogP contribution in [0.2, 0.25) is 5.02 Å². The molecule has 0 atom stereocenters. The second-order valence-electron chi connectivity index (χ2n) is 3.67. The van der Waals surface area contributed by atoms with E-state index in [9.17, 15) is 14.9 Å². The number of aromatic carboxylic acids is 1. The zero-order valence-corrected chi connectivity index (χ0v) is 12.4. The summed E-state index contributed by atoms with van der Waals surface area (Å²) in [5, 5.41) is 19.8. The number of nitro groups is 1. The molecule has 0 amide bonds. The molecule has 0 aliphatic rings. The summed E-state index contributed by atoms with van der Waals surface area (Å²) < 4.78 is 0.524. The lowest BCUT2D eigenvalue weighted by molar-refractivity contribution is -0.384. The van der Waals surface area contributed by atoms with Crippen LogP contribution in [-0.4, -0.2) is 21.0 Å². The molecule has 1 N–H and O–H groups in total. The Kier molecular flexibility index (Phi) is 4.26. The Morgan fingerprint density at radius 2 is 2.25 bits per heavy atom. The van der Waals surface area contributed by atoms with Gasteiger partial charge in [-0.25, -0.2) is 9.78 Å². The molecule has 104 valence electrons. The van der Waals surface area contributed by atoms with Crippen molar-refractivity contribution in [2.45, 2.75) is 16.2 Å². The summed E-state index contributed by atoms with van der Waals surface area (Å²) in [4.78, 5) is 25.9. The third kappa shape index (κ3) is 3.09. The van der Waals surface area contributed by atoms with Gasteiger partial charge in [-0.15, -0.1) is 11.3 Å². The van der Waals surface area contributed by atoms with Gasteiger partial charge in [0.2, 0.25) is 0 Å². The highest BCUT2D eigenvalue weighted by Gasteiger charge is 2.16. The van der Waals surface area contributed by atoms with Crippen molar-refractivity contribution in [1.82, 2.24) is 4.98 Å². The van der Waals surface area contributed by atoms with E-state index >= 15 is 0 Å². The summed E-state index contributed by atoms with van der Waals surface area (Å²) in [6.45, 7) is 1.61. The lowest BCUT2D eigenvalue weighted by Gasteiger charge is -2.00. The number of rotatable bonds is 4. The number of carbonyl (C=O) groups is 1. The van der Waals surface area contributed by atoms with Crippen LogP contribution in [0, 0.1) is 17.0 Å². The number of nitrogens with zero attached hydrogens (tertiary/aromatic N) is 2. The van der Waals surface area contributed by atoms with Crippen LogP contribution in [0.5, 0.6) is 0 Å². The smallest absolute Gasteiger partial charge is 0.347 e. The van der Waals surface area contributed by atoms with Gasteiger partial charge in [-0.1, -0.05) is 23.4 Å². The molecular formula is C11H7ClN2O4S2. The zero-order valence-electron chi connectivity index (χ0n) is 9.99. The Bertz CT molecular complexity index is 702. The molecule has 0 fully saturated rings. The van der Waals surface area contributed by atoms with Gasteiger partial charge in [-0.3, -0.25) is 10.1 Å². The van der Waals surface area contributed by atoms with Crippen LogP contribution in [0.3, 0.4) is 0 Å². The Hall–Kier alpha value is -1.64. The molecule has 20 heavy (non-hydrogen) atoms. The SMILES string of the molecule is Cc1nc(Sc2ccc([N+](=O)[O-])cc2Cl)sc1C(=O)O. The number of carboxylic acid groups (broad SMARTS) is 1. The Labute approximate surface area is 126 Å². The predicted molar refractivity (Wildman–Crippen MR) is 76.0 cm³/mol. The molecule has 0 saturated heterocycles. The van der Waals surface area contributed by atoms with Crippen LogP contribution in [-0.2, 0) is 0 Å². The van der Waals surface area contributed by atoms with Crippen LogP contribution in [0.4, 0.5) is 5.69 Å². The molecule has 1 aromatic heterocycles. The molecule has 2 aromatic rings. The number of carboxylic acids is 1. The van der Waals surface area contributed by atoms with E-state index in [4.69, 9.17) is 16.7 Å². The molecule has 0 aliphatic carbocycles. The molecule has 0 aliphatic heterocycles. The minimum absolute atomic E-state index is 0.0964. The first kappa shape index (κ1) is 14.8. The third-order valence-electron chi connectivity index (χ3n) is 2.29. The summed E-state index contributed by atoms with van der Waals surface area (Å²) in [5.74, 6) is -1.03. The maximum Gasteiger partial charge on any atom is 0.347 e. The van der Waals surface area contributed by atoms with Crippen molar-refractivity contribution in [3.63, 3.8) is 0 Å². The van der Waals surface area contributed by atoms with Crippen LogP contribution in [0.1, 0.15) is 15.4 Å². The van der Waals surface area contributed by atoms with Crippen molar-refractivity contribution in [2.75, 3.05) is 0 Å². The summed E-state index contributed by atoms with van der Waals surface area (Å²) in [5.41, 5.74) is 0.337. The Balaban J connectivity index is 2.28. The van der Waals surface area contributed by atoms with Gasteiger partial charge in [0, 0.05) is 17.0 Å². The molecule has 1 aromatic carbocycles. The fourth-order valence-electron chi connectivity index (χ4n) is 1.39. The molecule has 1 heterocycles. The maximum absolute atomic E-state index is 10.9. The second kappa shape index (κ2) is 5.78. The largest absolute Gasteiger partial charge is 0.477 e. The van der Waals surface area contributed by atoms with Gasteiger partial charge in [0.25, 0.3) is 5.69 Å². The Morgan fingerprint density at radius 3 is 2.75 bits per heavy atom. The summed E-state index contributed by atoms with van der Waals surface area (Å²) in [6.07, 6.45) is 0. The molecular weight excluding hydrogens is 324 g/mol. The first-order chi connectivity index (χ1) is 9.38. The molecule has 0 spiro atoms. The van der Waals surface area contributed by atoms with Crippen molar-refractivity contribution < 1.29 is 14.8 Å². The number of hydrogen-bond acceptors (Lipinski definition) is 6. The highest BCUT2D eigenvalue weighted by Crippen LogP contribution is 2.37. The van der Waals surface area contributed by atoms with Gasteiger partial charge < -0.3 is 5.11 Å². The molecule has 9 heteroatoms. The number of hydrogen-bond donors (Lipinski definition) is 1. The first-order valence-electron chi connectivity index (χ1n) is 5.21. The highest BCUT2D eigenvalue weighted by molar-refractivity contribution is 8.01.